The van der Waals surface area contributed by atoms with Gasteiger partial charge in [-0.2, -0.15) is 0 Å². The van der Waals surface area contributed by atoms with E-state index in [2.05, 4.69) is 41.7 Å². The molecule has 1 saturated heterocycles. The van der Waals surface area contributed by atoms with Crippen LogP contribution in [0.15, 0.2) is 53.7 Å². The van der Waals surface area contributed by atoms with Gasteiger partial charge in [0.25, 0.3) is 0 Å². The molecule has 6 nitrogen and oxygen atoms in total. The van der Waals surface area contributed by atoms with E-state index in [-0.39, 0.29) is 5.54 Å². The van der Waals surface area contributed by atoms with Crippen molar-refractivity contribution in [2.75, 3.05) is 23.3 Å². The Hall–Kier alpha value is -3.15. The molecule has 0 radical (unpaired) electrons. The maximum absolute atomic E-state index is 5.73. The number of allylic oxidation sites excluding steroid dienone is 2. The first-order chi connectivity index (χ1) is 14.8. The average molecular weight is 417 g/mol. The van der Waals surface area contributed by atoms with E-state index >= 15 is 0 Å². The summed E-state index contributed by atoms with van der Waals surface area (Å²) in [6, 6.07) is 10.1. The highest BCUT2D eigenvalue weighted by Crippen LogP contribution is 2.42. The van der Waals surface area contributed by atoms with E-state index in [9.17, 15) is 0 Å². The lowest BCUT2D eigenvalue weighted by Crippen LogP contribution is -2.39. The second-order valence-electron chi connectivity index (χ2n) is 9.18. The Bertz CT molecular complexity index is 1030. The van der Waals surface area contributed by atoms with Crippen LogP contribution in [0.2, 0.25) is 0 Å². The van der Waals surface area contributed by atoms with Gasteiger partial charge in [0.2, 0.25) is 0 Å². The predicted molar refractivity (Wildman–Crippen MR) is 130 cm³/mol. The molecule has 0 aliphatic carbocycles. The zero-order valence-electron chi connectivity index (χ0n) is 18.7. The number of rotatable bonds is 2. The van der Waals surface area contributed by atoms with E-state index in [0.29, 0.717) is 17.4 Å². The molecule has 2 aliphatic heterocycles. The van der Waals surface area contributed by atoms with Crippen LogP contribution in [-0.2, 0) is 0 Å². The molecule has 2 aromatic heterocycles. The SMILES string of the molecule is C=C1c2cccc(n2)NCCCC2CN(c3nc(N=C/C=C(/C)N)ccc31)C(C)(C)C2. The summed E-state index contributed by atoms with van der Waals surface area (Å²) in [5.41, 5.74) is 9.18. The minimum absolute atomic E-state index is 0.00953. The van der Waals surface area contributed by atoms with Crippen molar-refractivity contribution in [3.05, 3.63) is 59.9 Å². The number of hydrogen-bond donors (Lipinski definition) is 2. The molecule has 0 saturated carbocycles. The lowest BCUT2D eigenvalue weighted by molar-refractivity contribution is 0.448. The molecule has 0 amide bonds. The summed E-state index contributed by atoms with van der Waals surface area (Å²) in [6.45, 7) is 12.8. The first-order valence-corrected chi connectivity index (χ1v) is 11.0. The monoisotopic (exact) mass is 416 g/mol. The molecule has 3 N–H and O–H groups in total. The van der Waals surface area contributed by atoms with Gasteiger partial charge in [0.15, 0.2) is 5.82 Å². The zero-order valence-corrected chi connectivity index (χ0v) is 18.7. The molecule has 2 aliphatic rings. The Morgan fingerprint density at radius 3 is 2.94 bits per heavy atom. The van der Waals surface area contributed by atoms with Crippen molar-refractivity contribution in [1.29, 1.82) is 0 Å². The van der Waals surface area contributed by atoms with E-state index < -0.39 is 0 Å². The van der Waals surface area contributed by atoms with Crippen molar-refractivity contribution in [2.24, 2.45) is 16.6 Å². The molecule has 4 rings (SSSR count). The third-order valence-corrected chi connectivity index (χ3v) is 6.10. The number of fused-ring (bicyclic) bond motifs is 6. The summed E-state index contributed by atoms with van der Waals surface area (Å²) >= 11 is 0. The van der Waals surface area contributed by atoms with Crippen molar-refractivity contribution in [3.8, 4) is 0 Å². The normalized spacial score (nSPS) is 21.1. The van der Waals surface area contributed by atoms with E-state index in [1.165, 1.54) is 6.42 Å². The molecule has 4 bridgehead atoms. The maximum atomic E-state index is 5.73. The molecule has 4 heterocycles. The molecular formula is C25H32N6. The smallest absolute Gasteiger partial charge is 0.154 e. The van der Waals surface area contributed by atoms with E-state index in [1.54, 1.807) is 12.3 Å². The van der Waals surface area contributed by atoms with Crippen LogP contribution in [0.4, 0.5) is 17.5 Å². The summed E-state index contributed by atoms with van der Waals surface area (Å²) in [4.78, 5) is 16.7. The molecule has 1 atom stereocenters. The molecule has 2 aromatic rings. The topological polar surface area (TPSA) is 79.4 Å². The first-order valence-electron chi connectivity index (χ1n) is 11.0. The van der Waals surface area contributed by atoms with Crippen LogP contribution in [0.1, 0.15) is 51.3 Å². The fourth-order valence-electron chi connectivity index (χ4n) is 4.58. The highest BCUT2D eigenvalue weighted by atomic mass is 15.3. The molecule has 162 valence electrons. The van der Waals surface area contributed by atoms with Gasteiger partial charge in [-0.1, -0.05) is 12.6 Å². The van der Waals surface area contributed by atoms with Crippen LogP contribution in [0.25, 0.3) is 5.57 Å². The highest BCUT2D eigenvalue weighted by Gasteiger charge is 2.40. The van der Waals surface area contributed by atoms with Gasteiger partial charge in [0.1, 0.15) is 11.6 Å². The van der Waals surface area contributed by atoms with E-state index in [1.807, 2.05) is 31.2 Å². The molecule has 31 heavy (non-hydrogen) atoms. The van der Waals surface area contributed by atoms with Gasteiger partial charge in [0, 0.05) is 41.7 Å². The number of nitrogens with one attached hydrogen (secondary N) is 1. The van der Waals surface area contributed by atoms with Crippen molar-refractivity contribution in [1.82, 2.24) is 9.97 Å². The highest BCUT2D eigenvalue weighted by molar-refractivity contribution is 5.84. The number of nitrogens with zero attached hydrogens (tertiary/aromatic N) is 4. The number of aliphatic imine (C=N–C) groups is 1. The summed E-state index contributed by atoms with van der Waals surface area (Å²) in [6.07, 6.45) is 6.93. The van der Waals surface area contributed by atoms with Crippen molar-refractivity contribution in [2.45, 2.75) is 45.6 Å². The summed E-state index contributed by atoms with van der Waals surface area (Å²) in [5, 5.41) is 3.47. The third-order valence-electron chi connectivity index (χ3n) is 6.10. The van der Waals surface area contributed by atoms with Gasteiger partial charge in [-0.25, -0.2) is 15.0 Å². The van der Waals surface area contributed by atoms with Gasteiger partial charge >= 0.3 is 0 Å². The van der Waals surface area contributed by atoms with Crippen molar-refractivity contribution < 1.29 is 0 Å². The van der Waals surface area contributed by atoms with Crippen LogP contribution >= 0.6 is 0 Å². The van der Waals surface area contributed by atoms with Gasteiger partial charge < -0.3 is 16.0 Å². The van der Waals surface area contributed by atoms with Gasteiger partial charge in [0.05, 0.1) is 5.69 Å². The Morgan fingerprint density at radius 1 is 1.29 bits per heavy atom. The standard InChI is InChI=1S/C25H32N6/c1-17(26)12-14-28-23-11-10-20-18(2)21-8-5-9-22(29-21)27-13-6-7-19-15-25(3,4)31(16-19)24(20)30-23/h5,8-12,14,19H,2,6-7,13,15-16,26H2,1,3-4H3,(H,27,29)/b17-12-,28-14?. The maximum Gasteiger partial charge on any atom is 0.154 e. The quantitative estimate of drug-likeness (QED) is 0.680. The number of pyridine rings is 2. The number of nitrogens with two attached hydrogens (primary N) is 1. The summed E-state index contributed by atoms with van der Waals surface area (Å²) in [7, 11) is 0. The minimum Gasteiger partial charge on any atom is -0.402 e. The van der Waals surface area contributed by atoms with Gasteiger partial charge in [-0.05, 0) is 76.3 Å². The fraction of sp³-hybridized carbons (Fsp3) is 0.400. The second kappa shape index (κ2) is 8.53. The van der Waals surface area contributed by atoms with Crippen LogP contribution in [0.3, 0.4) is 0 Å². The van der Waals surface area contributed by atoms with Crippen molar-refractivity contribution in [3.63, 3.8) is 0 Å². The Labute approximate surface area is 185 Å². The minimum atomic E-state index is 0.00953. The van der Waals surface area contributed by atoms with Crippen LogP contribution in [0.5, 0.6) is 0 Å². The second-order valence-corrected chi connectivity index (χ2v) is 9.18. The number of aromatic nitrogens is 2. The average Bonchev–Trinajstić information content (AvgIpc) is 3.04. The zero-order chi connectivity index (χ0) is 22.0. The van der Waals surface area contributed by atoms with E-state index in [0.717, 1.165) is 54.4 Å². The van der Waals surface area contributed by atoms with Crippen LogP contribution in [-0.4, -0.2) is 34.8 Å². The van der Waals surface area contributed by atoms with Gasteiger partial charge in [-0.3, -0.25) is 0 Å². The fourth-order valence-corrected chi connectivity index (χ4v) is 4.58. The molecule has 1 fully saturated rings. The number of hydrogen-bond acceptors (Lipinski definition) is 6. The number of anilines is 2. The molecular weight excluding hydrogens is 384 g/mol. The van der Waals surface area contributed by atoms with E-state index in [4.69, 9.17) is 15.7 Å². The lowest BCUT2D eigenvalue weighted by Gasteiger charge is -2.34. The largest absolute Gasteiger partial charge is 0.402 e. The summed E-state index contributed by atoms with van der Waals surface area (Å²) < 4.78 is 0. The van der Waals surface area contributed by atoms with Crippen molar-refractivity contribution >= 4 is 29.2 Å². The molecule has 6 heteroatoms. The molecule has 0 spiro atoms. The van der Waals surface area contributed by atoms with Crippen LogP contribution < -0.4 is 16.0 Å². The summed E-state index contributed by atoms with van der Waals surface area (Å²) in [5.74, 6) is 3.12. The Balaban J connectivity index is 1.83. The Kier molecular flexibility index (Phi) is 5.81. The Morgan fingerprint density at radius 2 is 2.13 bits per heavy atom. The predicted octanol–water partition coefficient (Wildman–Crippen LogP) is 4.91. The lowest BCUT2D eigenvalue weighted by atomic mass is 9.93. The first kappa shape index (κ1) is 21.1. The van der Waals surface area contributed by atoms with Gasteiger partial charge in [-0.15, -0.1) is 0 Å². The third kappa shape index (κ3) is 4.63. The van der Waals surface area contributed by atoms with Crippen LogP contribution in [0, 0.1) is 5.92 Å². The molecule has 0 aromatic carbocycles. The molecule has 1 unspecified atom stereocenters.